The molecule has 2 aromatic carbocycles. The Morgan fingerprint density at radius 3 is 2.69 bits per heavy atom. The van der Waals surface area contributed by atoms with Crippen molar-refractivity contribution in [3.8, 4) is 11.5 Å². The largest absolute Gasteiger partial charge is 0.486 e. The van der Waals surface area contributed by atoms with Crippen LogP contribution in [0.4, 0.5) is 4.39 Å². The van der Waals surface area contributed by atoms with Crippen LogP contribution < -0.4 is 9.47 Å². The average molecular weight is 377 g/mol. The number of aliphatic carboxylic acids is 1. The monoisotopic (exact) mass is 376 g/mol. The number of hydrogen-bond donors (Lipinski definition) is 1. The van der Waals surface area contributed by atoms with E-state index in [9.17, 15) is 14.3 Å². The summed E-state index contributed by atoms with van der Waals surface area (Å²) in [6, 6.07) is 9.85. The van der Waals surface area contributed by atoms with Crippen molar-refractivity contribution in [2.24, 2.45) is 5.41 Å². The molecule has 3 unspecified atom stereocenters. The quantitative estimate of drug-likeness (QED) is 0.846. The Morgan fingerprint density at radius 1 is 1.27 bits per heavy atom. The zero-order valence-corrected chi connectivity index (χ0v) is 14.9. The highest BCUT2D eigenvalue weighted by molar-refractivity contribution is 6.32. The predicted molar refractivity (Wildman–Crippen MR) is 94.7 cm³/mol. The molecule has 6 heteroatoms. The maximum atomic E-state index is 14.4. The van der Waals surface area contributed by atoms with Gasteiger partial charge in [0.15, 0.2) is 11.5 Å². The third-order valence-corrected chi connectivity index (χ3v) is 5.82. The summed E-state index contributed by atoms with van der Waals surface area (Å²) in [5, 5.41) is 10.3. The number of carboxylic acids is 1. The normalized spacial score (nSPS) is 26.4. The van der Waals surface area contributed by atoms with Gasteiger partial charge in [-0.05, 0) is 35.7 Å². The fourth-order valence-electron chi connectivity index (χ4n) is 4.28. The molecule has 1 N–H and O–H groups in total. The Balaban J connectivity index is 1.83. The van der Waals surface area contributed by atoms with Crippen LogP contribution in [0.15, 0.2) is 36.4 Å². The fraction of sp³-hybridized carbons (Fsp3) is 0.350. The highest BCUT2D eigenvalue weighted by Crippen LogP contribution is 2.73. The average Bonchev–Trinajstić information content (AvgIpc) is 3.32. The number of rotatable bonds is 4. The van der Waals surface area contributed by atoms with Gasteiger partial charge in [0.2, 0.25) is 0 Å². The van der Waals surface area contributed by atoms with Crippen molar-refractivity contribution in [3.63, 3.8) is 0 Å². The summed E-state index contributed by atoms with van der Waals surface area (Å²) in [4.78, 5) is 12.2. The van der Waals surface area contributed by atoms with Gasteiger partial charge in [0.05, 0.1) is 10.4 Å². The Kier molecular flexibility index (Phi) is 4.07. The second kappa shape index (κ2) is 6.16. The van der Waals surface area contributed by atoms with Crippen LogP contribution in [0.25, 0.3) is 0 Å². The second-order valence-electron chi connectivity index (χ2n) is 6.70. The van der Waals surface area contributed by atoms with Crippen LogP contribution in [0.2, 0.25) is 5.02 Å². The summed E-state index contributed by atoms with van der Waals surface area (Å²) in [5.41, 5.74) is 0.0967. The molecule has 1 aliphatic carbocycles. The molecular formula is C20H18ClFO4. The molecule has 26 heavy (non-hydrogen) atoms. The fourth-order valence-corrected chi connectivity index (χ4v) is 4.56. The molecule has 3 atom stereocenters. The topological polar surface area (TPSA) is 55.8 Å². The van der Waals surface area contributed by atoms with Crippen molar-refractivity contribution >= 4 is 17.6 Å². The van der Waals surface area contributed by atoms with Crippen LogP contribution in [-0.4, -0.2) is 24.3 Å². The van der Waals surface area contributed by atoms with Crippen molar-refractivity contribution in [1.82, 2.24) is 0 Å². The molecule has 0 radical (unpaired) electrons. The summed E-state index contributed by atoms with van der Waals surface area (Å²) >= 11 is 6.33. The molecule has 1 aliphatic heterocycles. The van der Waals surface area contributed by atoms with E-state index in [4.69, 9.17) is 21.1 Å². The first-order chi connectivity index (χ1) is 12.5. The highest BCUT2D eigenvalue weighted by atomic mass is 35.5. The lowest BCUT2D eigenvalue weighted by Gasteiger charge is -2.20. The standard InChI is InChI=1S/C20H18ClFO4/c1-2-20(19(23)24)16(17(20)12-5-3-4-6-14(12)22)11-9-13(21)18-15(10-11)25-7-8-26-18/h3-6,9-10,16-17H,2,7-8H2,1H3,(H,23,24). The zero-order valence-electron chi connectivity index (χ0n) is 14.2. The third kappa shape index (κ3) is 2.37. The second-order valence-corrected chi connectivity index (χ2v) is 7.11. The lowest BCUT2D eigenvalue weighted by molar-refractivity contribution is -0.143. The SMILES string of the molecule is CCC1(C(=O)O)C(c2cc(Cl)c3c(c2)OCCO3)C1c1ccccc1F. The molecule has 0 aromatic heterocycles. The number of benzene rings is 2. The molecule has 0 saturated heterocycles. The molecule has 4 rings (SSSR count). The lowest BCUT2D eigenvalue weighted by atomic mass is 9.94. The van der Waals surface area contributed by atoms with Crippen LogP contribution in [0.1, 0.15) is 36.3 Å². The van der Waals surface area contributed by atoms with E-state index in [1.54, 1.807) is 30.3 Å². The van der Waals surface area contributed by atoms with Crippen molar-refractivity contribution in [2.45, 2.75) is 25.2 Å². The third-order valence-electron chi connectivity index (χ3n) is 5.54. The van der Waals surface area contributed by atoms with Crippen molar-refractivity contribution in [2.75, 3.05) is 13.2 Å². The Labute approximate surface area is 155 Å². The van der Waals surface area contributed by atoms with E-state index in [1.807, 2.05) is 6.92 Å². The van der Waals surface area contributed by atoms with Crippen LogP contribution >= 0.6 is 11.6 Å². The minimum absolute atomic E-state index is 0.379. The first-order valence-corrected chi connectivity index (χ1v) is 8.95. The summed E-state index contributed by atoms with van der Waals surface area (Å²) < 4.78 is 25.6. The molecule has 4 nitrogen and oxygen atoms in total. The zero-order chi connectivity index (χ0) is 18.5. The molecule has 2 aliphatic rings. The number of fused-ring (bicyclic) bond motifs is 1. The molecule has 1 saturated carbocycles. The van der Waals surface area contributed by atoms with Gasteiger partial charge in [-0.25, -0.2) is 4.39 Å². The van der Waals surface area contributed by atoms with Crippen molar-refractivity contribution in [1.29, 1.82) is 0 Å². The number of carbonyl (C=O) groups is 1. The Bertz CT molecular complexity index is 884. The molecular weight excluding hydrogens is 359 g/mol. The van der Waals surface area contributed by atoms with E-state index in [1.165, 1.54) is 6.07 Å². The Hall–Kier alpha value is -2.27. The number of halogens is 2. The molecule has 0 amide bonds. The van der Waals surface area contributed by atoms with Gasteiger partial charge < -0.3 is 14.6 Å². The number of hydrogen-bond acceptors (Lipinski definition) is 3. The van der Waals surface area contributed by atoms with E-state index in [0.717, 1.165) is 5.56 Å². The van der Waals surface area contributed by atoms with Gasteiger partial charge >= 0.3 is 5.97 Å². The Morgan fingerprint density at radius 2 is 2.00 bits per heavy atom. The number of ether oxygens (including phenoxy) is 2. The molecule has 0 bridgehead atoms. The van der Waals surface area contributed by atoms with Gasteiger partial charge in [0, 0.05) is 11.8 Å². The van der Waals surface area contributed by atoms with Crippen LogP contribution in [0.3, 0.4) is 0 Å². The smallest absolute Gasteiger partial charge is 0.310 e. The van der Waals surface area contributed by atoms with Crippen LogP contribution in [0, 0.1) is 11.2 Å². The molecule has 136 valence electrons. The van der Waals surface area contributed by atoms with Gasteiger partial charge in [0.1, 0.15) is 19.0 Å². The summed E-state index contributed by atoms with van der Waals surface area (Å²) in [6.07, 6.45) is 0.387. The first kappa shape index (κ1) is 17.2. The number of carboxylic acid groups (broad SMARTS) is 1. The van der Waals surface area contributed by atoms with E-state index in [-0.39, 0.29) is 11.7 Å². The highest BCUT2D eigenvalue weighted by Gasteiger charge is 2.70. The van der Waals surface area contributed by atoms with E-state index in [0.29, 0.717) is 41.7 Å². The van der Waals surface area contributed by atoms with E-state index in [2.05, 4.69) is 0 Å². The summed E-state index contributed by atoms with van der Waals surface area (Å²) in [6.45, 7) is 2.65. The summed E-state index contributed by atoms with van der Waals surface area (Å²) in [5.74, 6) is -1.16. The van der Waals surface area contributed by atoms with Gasteiger partial charge in [-0.2, -0.15) is 0 Å². The van der Waals surface area contributed by atoms with Gasteiger partial charge in [0.25, 0.3) is 0 Å². The molecule has 1 fully saturated rings. The van der Waals surface area contributed by atoms with Crippen molar-refractivity contribution in [3.05, 3.63) is 58.4 Å². The summed E-state index contributed by atoms with van der Waals surface area (Å²) in [7, 11) is 0. The molecule has 2 aromatic rings. The predicted octanol–water partition coefficient (Wildman–Crippen LogP) is 4.61. The first-order valence-electron chi connectivity index (χ1n) is 8.57. The molecule has 1 heterocycles. The van der Waals surface area contributed by atoms with Gasteiger partial charge in [-0.15, -0.1) is 0 Å². The van der Waals surface area contributed by atoms with E-state index < -0.39 is 17.3 Å². The van der Waals surface area contributed by atoms with Crippen molar-refractivity contribution < 1.29 is 23.8 Å². The maximum Gasteiger partial charge on any atom is 0.310 e. The lowest BCUT2D eigenvalue weighted by Crippen LogP contribution is -2.18. The molecule has 0 spiro atoms. The van der Waals surface area contributed by atoms with Crippen LogP contribution in [-0.2, 0) is 4.79 Å². The maximum absolute atomic E-state index is 14.4. The minimum atomic E-state index is -1.06. The van der Waals surface area contributed by atoms with Crippen LogP contribution in [0.5, 0.6) is 11.5 Å². The van der Waals surface area contributed by atoms with E-state index >= 15 is 0 Å². The minimum Gasteiger partial charge on any atom is -0.486 e. The van der Waals surface area contributed by atoms with Gasteiger partial charge in [-0.3, -0.25) is 4.79 Å². The van der Waals surface area contributed by atoms with Gasteiger partial charge in [-0.1, -0.05) is 36.7 Å².